The molecule has 1 aliphatic heterocycles. The molecule has 1 aliphatic rings. The number of piperazine rings is 1. The maximum Gasteiger partial charge on any atom is 0.325 e. The van der Waals surface area contributed by atoms with Gasteiger partial charge in [0.1, 0.15) is 6.04 Å². The molecule has 0 saturated carbocycles. The van der Waals surface area contributed by atoms with Gasteiger partial charge in [-0.2, -0.15) is 0 Å². The van der Waals surface area contributed by atoms with E-state index in [1.54, 1.807) is 0 Å². The van der Waals surface area contributed by atoms with Gasteiger partial charge in [0.05, 0.1) is 0 Å². The predicted octanol–water partition coefficient (Wildman–Crippen LogP) is 3.11. The summed E-state index contributed by atoms with van der Waals surface area (Å²) >= 11 is 0. The zero-order valence-corrected chi connectivity index (χ0v) is 14.6. The highest BCUT2D eigenvalue weighted by Crippen LogP contribution is 2.24. The van der Waals surface area contributed by atoms with Crippen LogP contribution < -0.4 is 0 Å². The molecule has 2 aromatic carbocycles. The van der Waals surface area contributed by atoms with Crippen LogP contribution in [0, 0.1) is 0 Å². The summed E-state index contributed by atoms with van der Waals surface area (Å²) in [7, 11) is 0. The van der Waals surface area contributed by atoms with Gasteiger partial charge in [-0.25, -0.2) is 0 Å². The number of fused-ring (bicyclic) bond motifs is 1. The summed E-state index contributed by atoms with van der Waals surface area (Å²) < 4.78 is 0. The first-order chi connectivity index (χ1) is 12.7. The minimum atomic E-state index is -0.777. The molecular weight excluding hydrogens is 326 g/mol. The smallest absolute Gasteiger partial charge is 0.325 e. The number of carbonyl (C=O) groups is 1. The summed E-state index contributed by atoms with van der Waals surface area (Å²) in [5.74, 6) is -0.777. The number of nitrogens with zero attached hydrogens (tertiary/aromatic N) is 2. The van der Waals surface area contributed by atoms with Crippen LogP contribution in [0.3, 0.4) is 0 Å². The Kier molecular flexibility index (Phi) is 4.73. The van der Waals surface area contributed by atoms with E-state index in [9.17, 15) is 9.90 Å². The van der Waals surface area contributed by atoms with Gasteiger partial charge >= 0.3 is 5.97 Å². The molecule has 26 heavy (non-hydrogen) atoms. The predicted molar refractivity (Wildman–Crippen MR) is 102 cm³/mol. The second-order valence-corrected chi connectivity index (χ2v) is 6.82. The number of aromatic amines is 1. The number of carboxylic acid groups (broad SMARTS) is 1. The highest BCUT2D eigenvalue weighted by molar-refractivity contribution is 5.82. The molecule has 0 aliphatic carbocycles. The van der Waals surface area contributed by atoms with Crippen molar-refractivity contribution in [2.75, 3.05) is 26.2 Å². The Morgan fingerprint density at radius 1 is 1.00 bits per heavy atom. The van der Waals surface area contributed by atoms with E-state index in [0.717, 1.165) is 38.3 Å². The van der Waals surface area contributed by atoms with Gasteiger partial charge in [0.25, 0.3) is 0 Å². The maximum atomic E-state index is 11.8. The van der Waals surface area contributed by atoms with Crippen molar-refractivity contribution in [2.45, 2.75) is 12.6 Å². The molecule has 5 heteroatoms. The van der Waals surface area contributed by atoms with E-state index < -0.39 is 12.0 Å². The van der Waals surface area contributed by atoms with Crippen molar-refractivity contribution < 1.29 is 9.90 Å². The summed E-state index contributed by atoms with van der Waals surface area (Å²) in [6, 6.07) is 17.4. The van der Waals surface area contributed by atoms with Crippen molar-refractivity contribution in [1.82, 2.24) is 14.8 Å². The second kappa shape index (κ2) is 7.32. The van der Waals surface area contributed by atoms with Gasteiger partial charge in [0.15, 0.2) is 0 Å². The summed E-state index contributed by atoms with van der Waals surface area (Å²) in [4.78, 5) is 19.6. The van der Waals surface area contributed by atoms with Gasteiger partial charge in [-0.15, -0.1) is 0 Å². The molecule has 1 unspecified atom stereocenters. The van der Waals surface area contributed by atoms with Crippen molar-refractivity contribution in [3.8, 4) is 0 Å². The van der Waals surface area contributed by atoms with Crippen LogP contribution in [0.4, 0.5) is 0 Å². The first kappa shape index (κ1) is 16.8. The van der Waals surface area contributed by atoms with E-state index in [1.165, 1.54) is 16.5 Å². The van der Waals surface area contributed by atoms with Crippen molar-refractivity contribution in [2.24, 2.45) is 0 Å². The number of carboxylic acids is 1. The third-order valence-electron chi connectivity index (χ3n) is 5.19. The van der Waals surface area contributed by atoms with Crippen LogP contribution in [0.25, 0.3) is 10.9 Å². The Labute approximate surface area is 152 Å². The standard InChI is InChI=1S/C21H23N3O2/c25-21(26)20(17-5-2-1-3-6-17)24-13-11-23(12-14-24)15-18-8-4-7-16-9-10-22-19(16)18/h1-10,20,22H,11-15H2,(H,25,26). The molecule has 1 saturated heterocycles. The SMILES string of the molecule is O=C(O)C(c1ccccc1)N1CCN(Cc2cccc3cc[nH]c23)CC1. The number of hydrogen-bond acceptors (Lipinski definition) is 3. The Morgan fingerprint density at radius 3 is 2.50 bits per heavy atom. The Balaban J connectivity index is 1.43. The lowest BCUT2D eigenvalue weighted by atomic mass is 10.0. The van der Waals surface area contributed by atoms with Gasteiger partial charge in [-0.1, -0.05) is 48.5 Å². The van der Waals surface area contributed by atoms with E-state index in [1.807, 2.05) is 36.5 Å². The van der Waals surface area contributed by atoms with Crippen LogP contribution in [0.2, 0.25) is 0 Å². The van der Waals surface area contributed by atoms with Gasteiger partial charge < -0.3 is 10.1 Å². The topological polar surface area (TPSA) is 59.6 Å². The van der Waals surface area contributed by atoms with Crippen LogP contribution in [0.1, 0.15) is 17.2 Å². The molecule has 134 valence electrons. The Bertz CT molecular complexity index is 882. The summed E-state index contributed by atoms with van der Waals surface area (Å²) in [5, 5.41) is 10.9. The Hall–Kier alpha value is -2.63. The molecule has 0 radical (unpaired) electrons. The monoisotopic (exact) mass is 349 g/mol. The molecule has 1 aromatic heterocycles. The number of aliphatic carboxylic acids is 1. The zero-order valence-electron chi connectivity index (χ0n) is 14.6. The number of hydrogen-bond donors (Lipinski definition) is 2. The lowest BCUT2D eigenvalue weighted by molar-refractivity contribution is -0.144. The van der Waals surface area contributed by atoms with Crippen LogP contribution in [0.15, 0.2) is 60.8 Å². The average Bonchev–Trinajstić information content (AvgIpc) is 3.14. The van der Waals surface area contributed by atoms with Gasteiger partial charge in [-0.3, -0.25) is 14.6 Å². The molecule has 0 spiro atoms. The number of H-pyrrole nitrogens is 1. The molecular formula is C21H23N3O2. The van der Waals surface area contributed by atoms with Crippen LogP contribution in [-0.4, -0.2) is 52.0 Å². The third kappa shape index (κ3) is 3.36. The molecule has 5 nitrogen and oxygen atoms in total. The molecule has 2 heterocycles. The first-order valence-electron chi connectivity index (χ1n) is 9.01. The average molecular weight is 349 g/mol. The van der Waals surface area contributed by atoms with Crippen molar-refractivity contribution in [3.63, 3.8) is 0 Å². The number of rotatable bonds is 5. The van der Waals surface area contributed by atoms with Gasteiger partial charge in [-0.05, 0) is 22.6 Å². The van der Waals surface area contributed by atoms with Crippen molar-refractivity contribution in [3.05, 3.63) is 71.9 Å². The highest BCUT2D eigenvalue weighted by atomic mass is 16.4. The van der Waals surface area contributed by atoms with Crippen LogP contribution >= 0.6 is 0 Å². The zero-order chi connectivity index (χ0) is 17.9. The second-order valence-electron chi connectivity index (χ2n) is 6.82. The van der Waals surface area contributed by atoms with Crippen molar-refractivity contribution in [1.29, 1.82) is 0 Å². The fourth-order valence-corrected chi connectivity index (χ4v) is 3.85. The third-order valence-corrected chi connectivity index (χ3v) is 5.19. The minimum Gasteiger partial charge on any atom is -0.480 e. The van der Waals surface area contributed by atoms with E-state index in [2.05, 4.69) is 39.0 Å². The molecule has 3 aromatic rings. The fourth-order valence-electron chi connectivity index (χ4n) is 3.85. The lowest BCUT2D eigenvalue weighted by Crippen LogP contribution is -2.48. The van der Waals surface area contributed by atoms with Crippen molar-refractivity contribution >= 4 is 16.9 Å². The molecule has 2 N–H and O–H groups in total. The quantitative estimate of drug-likeness (QED) is 0.743. The normalized spacial score (nSPS) is 17.4. The maximum absolute atomic E-state index is 11.8. The van der Waals surface area contributed by atoms with E-state index in [4.69, 9.17) is 0 Å². The molecule has 1 fully saturated rings. The van der Waals surface area contributed by atoms with E-state index in [0.29, 0.717) is 0 Å². The fraction of sp³-hybridized carbons (Fsp3) is 0.286. The molecule has 0 amide bonds. The minimum absolute atomic E-state index is 0.565. The van der Waals surface area contributed by atoms with Crippen LogP contribution in [0.5, 0.6) is 0 Å². The molecule has 4 rings (SSSR count). The van der Waals surface area contributed by atoms with Gasteiger partial charge in [0, 0.05) is 44.4 Å². The number of para-hydroxylation sites is 1. The summed E-state index contributed by atoms with van der Waals surface area (Å²) in [6.07, 6.45) is 1.98. The number of aromatic nitrogens is 1. The first-order valence-corrected chi connectivity index (χ1v) is 9.01. The summed E-state index contributed by atoms with van der Waals surface area (Å²) in [5.41, 5.74) is 3.34. The number of nitrogens with one attached hydrogen (secondary N) is 1. The number of benzene rings is 2. The van der Waals surface area contributed by atoms with Gasteiger partial charge in [0.2, 0.25) is 0 Å². The molecule has 1 atom stereocenters. The van der Waals surface area contributed by atoms with E-state index in [-0.39, 0.29) is 0 Å². The van der Waals surface area contributed by atoms with Crippen LogP contribution in [-0.2, 0) is 11.3 Å². The Morgan fingerprint density at radius 2 is 1.77 bits per heavy atom. The lowest BCUT2D eigenvalue weighted by Gasteiger charge is -2.37. The highest BCUT2D eigenvalue weighted by Gasteiger charge is 2.30. The largest absolute Gasteiger partial charge is 0.480 e. The molecule has 0 bridgehead atoms. The van der Waals surface area contributed by atoms with E-state index >= 15 is 0 Å². The summed E-state index contributed by atoms with van der Waals surface area (Å²) in [6.45, 7) is 4.13.